The number of nitrogens with two attached hydrogens (primary N) is 1. The number of nitrogens with zero attached hydrogens (tertiary/aromatic N) is 4. The SMILES string of the molecule is C[C@H](c1nc(N)nc(Nc2ccccc2)n1)N1CCC(OC2CCCC2)CC1. The molecule has 2 aliphatic rings. The van der Waals surface area contributed by atoms with Gasteiger partial charge >= 0.3 is 0 Å². The molecule has 4 rings (SSSR count). The Bertz CT molecular complexity index is 757. The topological polar surface area (TPSA) is 89.2 Å². The summed E-state index contributed by atoms with van der Waals surface area (Å²) < 4.78 is 6.29. The smallest absolute Gasteiger partial charge is 0.232 e. The van der Waals surface area contributed by atoms with E-state index in [0.717, 1.165) is 31.6 Å². The number of hydrogen-bond acceptors (Lipinski definition) is 7. The van der Waals surface area contributed by atoms with Crippen molar-refractivity contribution >= 4 is 17.6 Å². The Labute approximate surface area is 166 Å². The van der Waals surface area contributed by atoms with Gasteiger partial charge in [-0.2, -0.15) is 15.0 Å². The molecule has 0 radical (unpaired) electrons. The van der Waals surface area contributed by atoms with E-state index in [-0.39, 0.29) is 12.0 Å². The van der Waals surface area contributed by atoms with E-state index >= 15 is 0 Å². The second-order valence-electron chi connectivity index (χ2n) is 7.82. The fourth-order valence-corrected chi connectivity index (χ4v) is 4.16. The molecule has 150 valence electrons. The summed E-state index contributed by atoms with van der Waals surface area (Å²) in [5, 5.41) is 3.21. The normalized spacial score (nSPS) is 20.3. The summed E-state index contributed by atoms with van der Waals surface area (Å²) in [5.41, 5.74) is 6.88. The van der Waals surface area contributed by atoms with Crippen molar-refractivity contribution in [1.82, 2.24) is 19.9 Å². The van der Waals surface area contributed by atoms with Crippen molar-refractivity contribution in [3.8, 4) is 0 Å². The lowest BCUT2D eigenvalue weighted by Gasteiger charge is -2.36. The first-order valence-corrected chi connectivity index (χ1v) is 10.4. The molecule has 1 aliphatic heterocycles. The molecule has 2 heterocycles. The minimum Gasteiger partial charge on any atom is -0.375 e. The molecule has 0 spiro atoms. The van der Waals surface area contributed by atoms with Crippen LogP contribution in [0, 0.1) is 0 Å². The Balaban J connectivity index is 1.37. The highest BCUT2D eigenvalue weighted by Gasteiger charge is 2.28. The molecule has 0 bridgehead atoms. The first-order chi connectivity index (χ1) is 13.7. The largest absolute Gasteiger partial charge is 0.375 e. The van der Waals surface area contributed by atoms with Crippen LogP contribution in [0.15, 0.2) is 30.3 Å². The van der Waals surface area contributed by atoms with Crippen molar-refractivity contribution in [1.29, 1.82) is 0 Å². The number of rotatable bonds is 6. The third-order valence-electron chi connectivity index (χ3n) is 5.78. The molecule has 1 saturated carbocycles. The van der Waals surface area contributed by atoms with Gasteiger partial charge in [0.1, 0.15) is 0 Å². The number of piperidine rings is 1. The lowest BCUT2D eigenvalue weighted by atomic mass is 10.1. The molecule has 2 aromatic rings. The quantitative estimate of drug-likeness (QED) is 0.787. The van der Waals surface area contributed by atoms with Gasteiger partial charge in [-0.3, -0.25) is 4.90 Å². The number of aromatic nitrogens is 3. The summed E-state index contributed by atoms with van der Waals surface area (Å²) in [4.78, 5) is 15.7. The molecule has 1 aromatic carbocycles. The Kier molecular flexibility index (Phi) is 6.02. The summed E-state index contributed by atoms with van der Waals surface area (Å²) in [6.07, 6.45) is 8.12. The molecule has 1 aromatic heterocycles. The first kappa shape index (κ1) is 19.1. The molecule has 2 fully saturated rings. The van der Waals surface area contributed by atoms with Gasteiger partial charge in [0.2, 0.25) is 11.9 Å². The van der Waals surface area contributed by atoms with Crippen LogP contribution in [0.1, 0.15) is 57.3 Å². The number of benzene rings is 1. The summed E-state index contributed by atoms with van der Waals surface area (Å²) >= 11 is 0. The average molecular weight is 383 g/mol. The monoisotopic (exact) mass is 382 g/mol. The van der Waals surface area contributed by atoms with Crippen molar-refractivity contribution in [2.24, 2.45) is 0 Å². The van der Waals surface area contributed by atoms with Crippen molar-refractivity contribution in [3.05, 3.63) is 36.2 Å². The number of anilines is 3. The lowest BCUT2D eigenvalue weighted by Crippen LogP contribution is -2.40. The van der Waals surface area contributed by atoms with E-state index in [0.29, 0.717) is 24.0 Å². The molecule has 7 heteroatoms. The van der Waals surface area contributed by atoms with E-state index < -0.39 is 0 Å². The van der Waals surface area contributed by atoms with Gasteiger partial charge in [-0.25, -0.2) is 0 Å². The maximum absolute atomic E-state index is 6.29. The summed E-state index contributed by atoms with van der Waals surface area (Å²) in [5.74, 6) is 1.44. The summed E-state index contributed by atoms with van der Waals surface area (Å²) in [6.45, 7) is 4.12. The number of ether oxygens (including phenoxy) is 1. The van der Waals surface area contributed by atoms with Crippen LogP contribution in [-0.2, 0) is 4.74 Å². The van der Waals surface area contributed by atoms with Crippen LogP contribution in [0.25, 0.3) is 0 Å². The minimum absolute atomic E-state index is 0.0917. The summed E-state index contributed by atoms with van der Waals surface area (Å²) in [6, 6.07) is 9.94. The Morgan fingerprint density at radius 1 is 1.00 bits per heavy atom. The molecule has 1 atom stereocenters. The molecule has 3 N–H and O–H groups in total. The molecule has 1 aliphatic carbocycles. The van der Waals surface area contributed by atoms with E-state index in [1.807, 2.05) is 30.3 Å². The molecular formula is C21H30N6O. The van der Waals surface area contributed by atoms with Gasteiger partial charge in [0.15, 0.2) is 5.82 Å². The molecule has 0 amide bonds. The van der Waals surface area contributed by atoms with E-state index in [4.69, 9.17) is 10.5 Å². The fourth-order valence-electron chi connectivity index (χ4n) is 4.16. The fraction of sp³-hybridized carbons (Fsp3) is 0.571. The van der Waals surface area contributed by atoms with Crippen LogP contribution in [-0.4, -0.2) is 45.1 Å². The zero-order valence-corrected chi connectivity index (χ0v) is 16.6. The van der Waals surface area contributed by atoms with E-state index in [2.05, 4.69) is 32.1 Å². The predicted octanol–water partition coefficient (Wildman–Crippen LogP) is 3.68. The van der Waals surface area contributed by atoms with Crippen molar-refractivity contribution < 1.29 is 4.74 Å². The molecule has 7 nitrogen and oxygen atoms in total. The number of likely N-dealkylation sites (tertiary alicyclic amines) is 1. The van der Waals surface area contributed by atoms with Crippen LogP contribution >= 0.6 is 0 Å². The second-order valence-corrected chi connectivity index (χ2v) is 7.82. The van der Waals surface area contributed by atoms with Crippen molar-refractivity contribution in [2.45, 2.75) is 63.7 Å². The number of para-hydroxylation sites is 1. The van der Waals surface area contributed by atoms with Crippen LogP contribution < -0.4 is 11.1 Å². The van der Waals surface area contributed by atoms with Gasteiger partial charge < -0.3 is 15.8 Å². The highest BCUT2D eigenvalue weighted by Crippen LogP contribution is 2.28. The highest BCUT2D eigenvalue weighted by molar-refractivity contribution is 5.53. The molecule has 0 unspecified atom stereocenters. The van der Waals surface area contributed by atoms with Gasteiger partial charge in [0.05, 0.1) is 18.2 Å². The summed E-state index contributed by atoms with van der Waals surface area (Å²) in [7, 11) is 0. The second kappa shape index (κ2) is 8.84. The molecule has 28 heavy (non-hydrogen) atoms. The number of nitrogens with one attached hydrogen (secondary N) is 1. The number of hydrogen-bond donors (Lipinski definition) is 2. The zero-order chi connectivity index (χ0) is 19.3. The standard InChI is InChI=1S/C21H30N6O/c1-15(27-13-11-18(12-14-27)28-17-9-5-6-10-17)19-24-20(22)26-21(25-19)23-16-7-3-2-4-8-16/h2-4,7-8,15,17-18H,5-6,9-14H2,1H3,(H3,22,23,24,25,26)/t15-/m1/s1. The van der Waals surface area contributed by atoms with Gasteiger partial charge in [0.25, 0.3) is 0 Å². The van der Waals surface area contributed by atoms with Gasteiger partial charge in [-0.1, -0.05) is 31.0 Å². The van der Waals surface area contributed by atoms with Crippen molar-refractivity contribution in [3.63, 3.8) is 0 Å². The average Bonchev–Trinajstić information content (AvgIpc) is 3.21. The third kappa shape index (κ3) is 4.77. The Hall–Kier alpha value is -2.25. The van der Waals surface area contributed by atoms with Gasteiger partial charge in [-0.15, -0.1) is 0 Å². The molecular weight excluding hydrogens is 352 g/mol. The van der Waals surface area contributed by atoms with Crippen LogP contribution in [0.4, 0.5) is 17.6 Å². The van der Waals surface area contributed by atoms with Gasteiger partial charge in [-0.05, 0) is 44.7 Å². The molecule has 1 saturated heterocycles. The van der Waals surface area contributed by atoms with Crippen LogP contribution in [0.2, 0.25) is 0 Å². The maximum Gasteiger partial charge on any atom is 0.232 e. The zero-order valence-electron chi connectivity index (χ0n) is 16.6. The highest BCUT2D eigenvalue weighted by atomic mass is 16.5. The maximum atomic E-state index is 6.29. The lowest BCUT2D eigenvalue weighted by molar-refractivity contribution is -0.0442. The van der Waals surface area contributed by atoms with Crippen LogP contribution in [0.5, 0.6) is 0 Å². The Morgan fingerprint density at radius 2 is 1.68 bits per heavy atom. The van der Waals surface area contributed by atoms with Crippen molar-refractivity contribution in [2.75, 3.05) is 24.1 Å². The van der Waals surface area contributed by atoms with E-state index in [9.17, 15) is 0 Å². The number of nitrogen functional groups attached to an aromatic ring is 1. The van der Waals surface area contributed by atoms with E-state index in [1.165, 1.54) is 25.7 Å². The minimum atomic E-state index is 0.0917. The van der Waals surface area contributed by atoms with Gasteiger partial charge in [0, 0.05) is 18.8 Å². The third-order valence-corrected chi connectivity index (χ3v) is 5.78. The predicted molar refractivity (Wildman–Crippen MR) is 110 cm³/mol. The Morgan fingerprint density at radius 3 is 2.39 bits per heavy atom. The van der Waals surface area contributed by atoms with Crippen LogP contribution in [0.3, 0.4) is 0 Å². The first-order valence-electron chi connectivity index (χ1n) is 10.4. The van der Waals surface area contributed by atoms with E-state index in [1.54, 1.807) is 0 Å².